The van der Waals surface area contributed by atoms with Crippen molar-refractivity contribution >= 4 is 37.3 Å². The van der Waals surface area contributed by atoms with Crippen molar-refractivity contribution in [3.8, 4) is 0 Å². The smallest absolute Gasteiger partial charge is 0.243 e. The van der Waals surface area contributed by atoms with Gasteiger partial charge >= 0.3 is 0 Å². The van der Waals surface area contributed by atoms with Gasteiger partial charge in [-0.1, -0.05) is 15.9 Å². The zero-order valence-electron chi connectivity index (χ0n) is 11.3. The van der Waals surface area contributed by atoms with Crippen LogP contribution < -0.4 is 0 Å². The summed E-state index contributed by atoms with van der Waals surface area (Å²) in [5.74, 6) is 0.390. The van der Waals surface area contributed by atoms with Gasteiger partial charge in [0.15, 0.2) is 0 Å². The van der Waals surface area contributed by atoms with Gasteiger partial charge in [-0.25, -0.2) is 13.4 Å². The Balaban J connectivity index is 1.72. The Labute approximate surface area is 137 Å². The van der Waals surface area contributed by atoms with Crippen molar-refractivity contribution in [3.05, 3.63) is 45.3 Å². The lowest BCUT2D eigenvalue weighted by atomic mass is 9.99. The van der Waals surface area contributed by atoms with Gasteiger partial charge in [-0.2, -0.15) is 4.31 Å². The molecule has 0 aliphatic carbocycles. The van der Waals surface area contributed by atoms with E-state index in [0.717, 1.165) is 22.3 Å². The Kier molecular flexibility index (Phi) is 4.44. The maximum Gasteiger partial charge on any atom is 0.243 e. The lowest BCUT2D eigenvalue weighted by molar-refractivity contribution is 0.319. The van der Waals surface area contributed by atoms with Gasteiger partial charge in [0.25, 0.3) is 0 Å². The number of piperidine rings is 1. The van der Waals surface area contributed by atoms with Crippen molar-refractivity contribution in [2.24, 2.45) is 0 Å². The molecule has 0 bridgehead atoms. The summed E-state index contributed by atoms with van der Waals surface area (Å²) in [4.78, 5) is 4.70. The van der Waals surface area contributed by atoms with E-state index in [2.05, 4.69) is 20.9 Å². The number of nitrogens with zero attached hydrogens (tertiary/aromatic N) is 2. The standard InChI is InChI=1S/C14H15BrN2O2S2/c15-12-1-3-13(4-2-12)21(18,19)17-8-5-11(6-9-17)14-16-7-10-20-14/h1-4,7,10-11H,5-6,8-9H2. The quantitative estimate of drug-likeness (QED) is 0.811. The van der Waals surface area contributed by atoms with Crippen LogP contribution in [0, 0.1) is 0 Å². The van der Waals surface area contributed by atoms with Gasteiger partial charge in [0.2, 0.25) is 10.0 Å². The number of hydrogen-bond acceptors (Lipinski definition) is 4. The molecule has 0 N–H and O–H groups in total. The highest BCUT2D eigenvalue weighted by atomic mass is 79.9. The Hall–Kier alpha value is -0.760. The maximum absolute atomic E-state index is 12.6. The third-order valence-corrected chi connectivity index (χ3v) is 7.09. The molecule has 1 aliphatic rings. The summed E-state index contributed by atoms with van der Waals surface area (Å²) in [5, 5.41) is 3.09. The predicted octanol–water partition coefficient (Wildman–Crippen LogP) is 3.47. The van der Waals surface area contributed by atoms with Gasteiger partial charge in [-0.15, -0.1) is 11.3 Å². The van der Waals surface area contributed by atoms with E-state index in [1.165, 1.54) is 0 Å². The largest absolute Gasteiger partial charge is 0.249 e. The number of rotatable bonds is 3. The Morgan fingerprint density at radius 1 is 1.19 bits per heavy atom. The third kappa shape index (κ3) is 3.21. The van der Waals surface area contributed by atoms with Crippen molar-refractivity contribution < 1.29 is 8.42 Å². The van der Waals surface area contributed by atoms with Crippen LogP contribution in [0.2, 0.25) is 0 Å². The summed E-state index contributed by atoms with van der Waals surface area (Å²) in [7, 11) is -3.38. The molecule has 0 atom stereocenters. The average molecular weight is 387 g/mol. The van der Waals surface area contributed by atoms with Crippen LogP contribution in [-0.4, -0.2) is 30.8 Å². The van der Waals surface area contributed by atoms with Crippen LogP contribution in [0.4, 0.5) is 0 Å². The first-order valence-electron chi connectivity index (χ1n) is 6.72. The van der Waals surface area contributed by atoms with Crippen LogP contribution in [0.25, 0.3) is 0 Å². The van der Waals surface area contributed by atoms with Crippen LogP contribution in [0.5, 0.6) is 0 Å². The number of aromatic nitrogens is 1. The van der Waals surface area contributed by atoms with Crippen molar-refractivity contribution in [2.75, 3.05) is 13.1 Å². The van der Waals surface area contributed by atoms with Crippen molar-refractivity contribution in [1.29, 1.82) is 0 Å². The maximum atomic E-state index is 12.6. The van der Waals surface area contributed by atoms with Gasteiger partial charge in [0, 0.05) is 35.1 Å². The van der Waals surface area contributed by atoms with Crippen molar-refractivity contribution in [2.45, 2.75) is 23.7 Å². The van der Waals surface area contributed by atoms with E-state index in [9.17, 15) is 8.42 Å². The van der Waals surface area contributed by atoms with Gasteiger partial charge in [0.05, 0.1) is 9.90 Å². The summed E-state index contributed by atoms with van der Waals surface area (Å²) in [6, 6.07) is 6.81. The molecule has 4 nitrogen and oxygen atoms in total. The van der Waals surface area contributed by atoms with Crippen LogP contribution in [0.15, 0.2) is 45.2 Å². The van der Waals surface area contributed by atoms with Crippen LogP contribution >= 0.6 is 27.3 Å². The lowest BCUT2D eigenvalue weighted by Gasteiger charge is -2.30. The van der Waals surface area contributed by atoms with E-state index in [1.54, 1.807) is 39.9 Å². The summed E-state index contributed by atoms with van der Waals surface area (Å²) < 4.78 is 27.6. The molecule has 1 aliphatic heterocycles. The van der Waals surface area contributed by atoms with Gasteiger partial charge < -0.3 is 0 Å². The molecule has 3 rings (SSSR count). The summed E-state index contributed by atoms with van der Waals surface area (Å²) in [5.41, 5.74) is 0. The fraction of sp³-hybridized carbons (Fsp3) is 0.357. The molecule has 21 heavy (non-hydrogen) atoms. The normalized spacial score (nSPS) is 18.0. The highest BCUT2D eigenvalue weighted by Gasteiger charge is 2.30. The van der Waals surface area contributed by atoms with E-state index in [-0.39, 0.29) is 0 Å². The molecule has 7 heteroatoms. The summed E-state index contributed by atoms with van der Waals surface area (Å²) in [6.07, 6.45) is 3.48. The SMILES string of the molecule is O=S(=O)(c1ccc(Br)cc1)N1CCC(c2nccs2)CC1. The molecule has 1 saturated heterocycles. The zero-order chi connectivity index (χ0) is 14.9. The highest BCUT2D eigenvalue weighted by molar-refractivity contribution is 9.10. The van der Waals surface area contributed by atoms with E-state index in [1.807, 2.05) is 11.6 Å². The molecule has 0 amide bonds. The third-order valence-electron chi connectivity index (χ3n) is 3.71. The minimum Gasteiger partial charge on any atom is -0.249 e. The second-order valence-electron chi connectivity index (χ2n) is 5.00. The molecular weight excluding hydrogens is 372 g/mol. The number of halogens is 1. The molecule has 0 spiro atoms. The van der Waals surface area contributed by atoms with E-state index >= 15 is 0 Å². The minimum atomic E-state index is -3.38. The molecule has 1 aromatic carbocycles. The van der Waals surface area contributed by atoms with E-state index < -0.39 is 10.0 Å². The van der Waals surface area contributed by atoms with E-state index in [0.29, 0.717) is 23.9 Å². The number of benzene rings is 1. The van der Waals surface area contributed by atoms with Crippen LogP contribution in [0.1, 0.15) is 23.8 Å². The summed E-state index contributed by atoms with van der Waals surface area (Å²) in [6.45, 7) is 1.12. The van der Waals surface area contributed by atoms with Crippen molar-refractivity contribution in [1.82, 2.24) is 9.29 Å². The monoisotopic (exact) mass is 386 g/mol. The average Bonchev–Trinajstić information content (AvgIpc) is 3.02. The Morgan fingerprint density at radius 2 is 1.86 bits per heavy atom. The number of thiazole rings is 1. The van der Waals surface area contributed by atoms with E-state index in [4.69, 9.17) is 0 Å². The summed E-state index contributed by atoms with van der Waals surface area (Å²) >= 11 is 4.98. The van der Waals surface area contributed by atoms with Crippen molar-refractivity contribution in [3.63, 3.8) is 0 Å². The Bertz CT molecular complexity index is 691. The van der Waals surface area contributed by atoms with Crippen LogP contribution in [-0.2, 0) is 10.0 Å². The highest BCUT2D eigenvalue weighted by Crippen LogP contribution is 2.31. The lowest BCUT2D eigenvalue weighted by Crippen LogP contribution is -2.37. The van der Waals surface area contributed by atoms with Gasteiger partial charge in [-0.05, 0) is 37.1 Å². The predicted molar refractivity (Wildman–Crippen MR) is 87.0 cm³/mol. The minimum absolute atomic E-state index is 0.360. The molecule has 1 aromatic heterocycles. The molecule has 2 heterocycles. The molecule has 2 aromatic rings. The molecular formula is C14H15BrN2O2S2. The second kappa shape index (κ2) is 6.16. The first-order valence-corrected chi connectivity index (χ1v) is 9.84. The topological polar surface area (TPSA) is 50.3 Å². The fourth-order valence-electron chi connectivity index (χ4n) is 2.53. The Morgan fingerprint density at radius 3 is 2.43 bits per heavy atom. The number of hydrogen-bond donors (Lipinski definition) is 0. The molecule has 0 saturated carbocycles. The fourth-order valence-corrected chi connectivity index (χ4v) is 5.08. The van der Waals surface area contributed by atoms with Gasteiger partial charge in [0.1, 0.15) is 0 Å². The molecule has 1 fully saturated rings. The molecule has 0 unspecified atom stereocenters. The van der Waals surface area contributed by atoms with Gasteiger partial charge in [-0.3, -0.25) is 0 Å². The first-order chi connectivity index (χ1) is 10.1. The number of sulfonamides is 1. The zero-order valence-corrected chi connectivity index (χ0v) is 14.5. The molecule has 112 valence electrons. The second-order valence-corrected chi connectivity index (χ2v) is 8.78. The molecule has 0 radical (unpaired) electrons. The van der Waals surface area contributed by atoms with Crippen LogP contribution in [0.3, 0.4) is 0 Å². The first kappa shape index (κ1) is 15.1.